The van der Waals surface area contributed by atoms with Crippen LogP contribution in [0.2, 0.25) is 5.02 Å². The molecule has 0 unspecified atom stereocenters. The molecule has 1 aromatic heterocycles. The normalized spacial score (nSPS) is 10.2. The van der Waals surface area contributed by atoms with Gasteiger partial charge in [0, 0.05) is 22.1 Å². The number of carbonyl (C=O) groups is 1. The Bertz CT molecular complexity index is 457. The summed E-state index contributed by atoms with van der Waals surface area (Å²) >= 11 is 7.81. The zero-order chi connectivity index (χ0) is 10.7. The highest BCUT2D eigenvalue weighted by atomic mass is 35.5. The van der Waals surface area contributed by atoms with Gasteiger partial charge in [-0.1, -0.05) is 16.1 Å². The molecule has 0 aliphatic carbocycles. The van der Waals surface area contributed by atoms with E-state index in [1.54, 1.807) is 24.3 Å². The minimum absolute atomic E-state index is 0.0924. The molecule has 0 amide bonds. The van der Waals surface area contributed by atoms with E-state index >= 15 is 0 Å². The first kappa shape index (κ1) is 10.5. The van der Waals surface area contributed by atoms with E-state index in [0.717, 1.165) is 23.3 Å². The third kappa shape index (κ3) is 2.74. The average molecular weight is 258 g/mol. The summed E-state index contributed by atoms with van der Waals surface area (Å²) in [7, 11) is 0. The van der Waals surface area contributed by atoms with E-state index in [0.29, 0.717) is 14.9 Å². The fourth-order valence-corrected chi connectivity index (χ4v) is 2.20. The van der Waals surface area contributed by atoms with Gasteiger partial charge in [-0.3, -0.25) is 4.79 Å². The standard InChI is InChI=1S/C8H4ClN3OS2/c9-6-3-1-5(2-4-6)7(13)14-8-10-11-12-15-8/h1-4H. The molecule has 15 heavy (non-hydrogen) atoms. The summed E-state index contributed by atoms with van der Waals surface area (Å²) in [4.78, 5) is 11.7. The van der Waals surface area contributed by atoms with Crippen LogP contribution in [0.15, 0.2) is 28.6 Å². The summed E-state index contributed by atoms with van der Waals surface area (Å²) in [6, 6.07) is 6.69. The van der Waals surface area contributed by atoms with E-state index in [9.17, 15) is 4.79 Å². The van der Waals surface area contributed by atoms with E-state index in [4.69, 9.17) is 11.6 Å². The van der Waals surface area contributed by atoms with E-state index in [2.05, 4.69) is 14.8 Å². The van der Waals surface area contributed by atoms with Crippen LogP contribution in [0.3, 0.4) is 0 Å². The molecular formula is C8H4ClN3OS2. The largest absolute Gasteiger partial charge is 0.281 e. The van der Waals surface area contributed by atoms with Crippen molar-refractivity contribution in [3.05, 3.63) is 34.9 Å². The molecule has 76 valence electrons. The maximum absolute atomic E-state index is 11.7. The summed E-state index contributed by atoms with van der Waals surface area (Å²) in [5, 5.41) is 7.59. The molecule has 0 spiro atoms. The van der Waals surface area contributed by atoms with Gasteiger partial charge in [0.05, 0.1) is 0 Å². The lowest BCUT2D eigenvalue weighted by Crippen LogP contribution is -1.92. The maximum atomic E-state index is 11.7. The number of hydrogen-bond donors (Lipinski definition) is 0. The molecule has 0 aliphatic rings. The zero-order valence-electron chi connectivity index (χ0n) is 7.25. The predicted molar refractivity (Wildman–Crippen MR) is 59.3 cm³/mol. The Balaban J connectivity index is 2.11. The first-order valence-electron chi connectivity index (χ1n) is 3.88. The monoisotopic (exact) mass is 257 g/mol. The van der Waals surface area contributed by atoms with Crippen molar-refractivity contribution < 1.29 is 4.79 Å². The average Bonchev–Trinajstić information content (AvgIpc) is 2.71. The van der Waals surface area contributed by atoms with Gasteiger partial charge in [0.2, 0.25) is 9.45 Å². The molecular weight excluding hydrogens is 254 g/mol. The van der Waals surface area contributed by atoms with Crippen molar-refractivity contribution in [2.45, 2.75) is 4.34 Å². The van der Waals surface area contributed by atoms with Crippen LogP contribution in [0, 0.1) is 0 Å². The van der Waals surface area contributed by atoms with Crippen LogP contribution in [-0.2, 0) is 0 Å². The Kier molecular flexibility index (Phi) is 3.30. The Morgan fingerprint density at radius 1 is 1.33 bits per heavy atom. The smallest absolute Gasteiger partial charge is 0.226 e. The van der Waals surface area contributed by atoms with Gasteiger partial charge in [0.1, 0.15) is 0 Å². The summed E-state index contributed by atoms with van der Waals surface area (Å²) in [5.41, 5.74) is 0.583. The molecule has 4 nitrogen and oxygen atoms in total. The van der Waals surface area contributed by atoms with Crippen LogP contribution in [0.5, 0.6) is 0 Å². The van der Waals surface area contributed by atoms with Crippen LogP contribution in [-0.4, -0.2) is 19.9 Å². The molecule has 1 aromatic carbocycles. The summed E-state index contributed by atoms with van der Waals surface area (Å²) in [6.45, 7) is 0. The molecule has 0 N–H and O–H groups in total. The van der Waals surface area contributed by atoms with Crippen molar-refractivity contribution in [1.82, 2.24) is 14.8 Å². The second-order valence-corrected chi connectivity index (χ2v) is 4.91. The van der Waals surface area contributed by atoms with Crippen molar-refractivity contribution in [2.75, 3.05) is 0 Å². The number of rotatable bonds is 2. The van der Waals surface area contributed by atoms with E-state index in [1.165, 1.54) is 0 Å². The predicted octanol–water partition coefficient (Wildman–Crippen LogP) is 2.52. The molecule has 2 rings (SSSR count). The Morgan fingerprint density at radius 3 is 2.67 bits per heavy atom. The second-order valence-electron chi connectivity index (χ2n) is 2.52. The molecule has 1 heterocycles. The maximum Gasteiger partial charge on any atom is 0.226 e. The Labute approximate surface area is 98.8 Å². The number of carbonyl (C=O) groups excluding carboxylic acids is 1. The van der Waals surface area contributed by atoms with Gasteiger partial charge in [-0.2, -0.15) is 0 Å². The molecule has 0 radical (unpaired) electrons. The third-order valence-corrected chi connectivity index (χ3v) is 3.34. The minimum Gasteiger partial charge on any atom is -0.281 e. The number of thioether (sulfide) groups is 1. The van der Waals surface area contributed by atoms with Crippen LogP contribution >= 0.6 is 34.9 Å². The number of hydrogen-bond acceptors (Lipinski definition) is 6. The summed E-state index contributed by atoms with van der Waals surface area (Å²) < 4.78 is 4.11. The van der Waals surface area contributed by atoms with Crippen molar-refractivity contribution >= 4 is 40.0 Å². The lowest BCUT2D eigenvalue weighted by atomic mass is 10.2. The first-order chi connectivity index (χ1) is 7.25. The fraction of sp³-hybridized carbons (Fsp3) is 0. The van der Waals surface area contributed by atoms with E-state index in [1.807, 2.05) is 0 Å². The lowest BCUT2D eigenvalue weighted by Gasteiger charge is -1.96. The highest BCUT2D eigenvalue weighted by Gasteiger charge is 2.10. The number of halogens is 1. The van der Waals surface area contributed by atoms with Gasteiger partial charge in [0.25, 0.3) is 0 Å². The zero-order valence-corrected chi connectivity index (χ0v) is 9.64. The molecule has 0 aliphatic heterocycles. The highest BCUT2D eigenvalue weighted by molar-refractivity contribution is 8.15. The SMILES string of the molecule is O=C(Sc1nnns1)c1ccc(Cl)cc1. The summed E-state index contributed by atoms with van der Waals surface area (Å²) in [6.07, 6.45) is 0. The quantitative estimate of drug-likeness (QED) is 0.774. The van der Waals surface area contributed by atoms with Gasteiger partial charge in [-0.05, 0) is 41.2 Å². The Morgan fingerprint density at radius 2 is 2.07 bits per heavy atom. The number of nitrogens with zero attached hydrogens (tertiary/aromatic N) is 3. The molecule has 2 aromatic rings. The topological polar surface area (TPSA) is 55.7 Å². The summed E-state index contributed by atoms with van der Waals surface area (Å²) in [5.74, 6) is 0. The van der Waals surface area contributed by atoms with Gasteiger partial charge in [-0.25, -0.2) is 0 Å². The fourth-order valence-electron chi connectivity index (χ4n) is 0.889. The molecule has 0 atom stereocenters. The Hall–Kier alpha value is -0.980. The van der Waals surface area contributed by atoms with E-state index < -0.39 is 0 Å². The van der Waals surface area contributed by atoms with Gasteiger partial charge in [0.15, 0.2) is 0 Å². The number of aromatic nitrogens is 3. The molecule has 0 saturated carbocycles. The third-order valence-electron chi connectivity index (χ3n) is 1.54. The van der Waals surface area contributed by atoms with Crippen LogP contribution in [0.25, 0.3) is 0 Å². The lowest BCUT2D eigenvalue weighted by molar-refractivity contribution is 0.108. The van der Waals surface area contributed by atoms with Crippen molar-refractivity contribution in [3.63, 3.8) is 0 Å². The van der Waals surface area contributed by atoms with Gasteiger partial charge >= 0.3 is 0 Å². The first-order valence-corrected chi connectivity index (χ1v) is 5.85. The molecule has 7 heteroatoms. The second kappa shape index (κ2) is 4.69. The van der Waals surface area contributed by atoms with Crippen molar-refractivity contribution in [2.24, 2.45) is 0 Å². The van der Waals surface area contributed by atoms with Crippen LogP contribution in [0.1, 0.15) is 10.4 Å². The van der Waals surface area contributed by atoms with Crippen molar-refractivity contribution in [3.8, 4) is 0 Å². The molecule has 0 saturated heterocycles. The van der Waals surface area contributed by atoms with Gasteiger partial charge < -0.3 is 0 Å². The van der Waals surface area contributed by atoms with Crippen LogP contribution < -0.4 is 0 Å². The van der Waals surface area contributed by atoms with Crippen molar-refractivity contribution in [1.29, 1.82) is 0 Å². The van der Waals surface area contributed by atoms with Gasteiger partial charge in [-0.15, -0.1) is 5.10 Å². The van der Waals surface area contributed by atoms with Crippen LogP contribution in [0.4, 0.5) is 0 Å². The highest BCUT2D eigenvalue weighted by Crippen LogP contribution is 2.23. The molecule has 0 fully saturated rings. The minimum atomic E-state index is -0.0924. The molecule has 0 bridgehead atoms. The van der Waals surface area contributed by atoms with E-state index in [-0.39, 0.29) is 5.12 Å². The number of benzene rings is 1.